The maximum absolute atomic E-state index is 13.5. The summed E-state index contributed by atoms with van der Waals surface area (Å²) in [6.07, 6.45) is 6.61. The van der Waals surface area contributed by atoms with Gasteiger partial charge < -0.3 is 9.72 Å². The van der Waals surface area contributed by atoms with E-state index in [1.165, 1.54) is 32.1 Å². The molecule has 198 valence electrons. The molecule has 3 heterocycles. The van der Waals surface area contributed by atoms with Gasteiger partial charge in [0.25, 0.3) is 5.56 Å². The molecular formula is C29H35N7O2. The van der Waals surface area contributed by atoms with E-state index in [0.29, 0.717) is 24.0 Å². The van der Waals surface area contributed by atoms with Crippen LogP contribution in [0.25, 0.3) is 10.9 Å². The third-order valence-electron chi connectivity index (χ3n) is 8.16. The molecular weight excluding hydrogens is 478 g/mol. The molecule has 0 amide bonds. The van der Waals surface area contributed by atoms with Crippen molar-refractivity contribution >= 4 is 10.9 Å². The Bertz CT molecular complexity index is 1420. The van der Waals surface area contributed by atoms with Crippen LogP contribution < -0.4 is 10.3 Å². The molecule has 9 heteroatoms. The van der Waals surface area contributed by atoms with Crippen LogP contribution in [0, 0.1) is 0 Å². The summed E-state index contributed by atoms with van der Waals surface area (Å²) >= 11 is 0. The predicted molar refractivity (Wildman–Crippen MR) is 146 cm³/mol. The minimum atomic E-state index is -0.360. The van der Waals surface area contributed by atoms with Gasteiger partial charge in [-0.15, -0.1) is 5.10 Å². The molecule has 2 aliphatic rings. The van der Waals surface area contributed by atoms with E-state index in [0.717, 1.165) is 48.4 Å². The second-order valence-electron chi connectivity index (χ2n) is 10.5. The fourth-order valence-electron chi connectivity index (χ4n) is 6.11. The Hall–Kier alpha value is -3.56. The minimum Gasteiger partial charge on any atom is -0.497 e. The van der Waals surface area contributed by atoms with Gasteiger partial charge in [0.1, 0.15) is 11.8 Å². The first-order chi connectivity index (χ1) is 18.7. The number of hydrogen-bond donors (Lipinski definition) is 1. The molecule has 0 spiro atoms. The third kappa shape index (κ3) is 5.08. The Morgan fingerprint density at radius 1 is 1.00 bits per heavy atom. The fraction of sp³-hybridized carbons (Fsp3) is 0.448. The van der Waals surface area contributed by atoms with Crippen molar-refractivity contribution in [1.82, 2.24) is 35.0 Å². The Morgan fingerprint density at radius 2 is 1.79 bits per heavy atom. The molecule has 2 aromatic heterocycles. The zero-order chi connectivity index (χ0) is 25.9. The molecule has 1 saturated heterocycles. The normalized spacial score (nSPS) is 18.6. The summed E-state index contributed by atoms with van der Waals surface area (Å²) < 4.78 is 7.29. The van der Waals surface area contributed by atoms with Gasteiger partial charge in [-0.1, -0.05) is 49.6 Å². The zero-order valence-corrected chi connectivity index (χ0v) is 21.9. The number of fused-ring (bicyclic) bond motifs is 1. The van der Waals surface area contributed by atoms with Gasteiger partial charge in [-0.3, -0.25) is 14.6 Å². The van der Waals surface area contributed by atoms with E-state index in [1.807, 2.05) is 47.1 Å². The average molecular weight is 514 g/mol. The van der Waals surface area contributed by atoms with Gasteiger partial charge in [0, 0.05) is 48.7 Å². The van der Waals surface area contributed by atoms with Crippen LogP contribution >= 0.6 is 0 Å². The van der Waals surface area contributed by atoms with Gasteiger partial charge in [0.05, 0.1) is 13.7 Å². The first kappa shape index (κ1) is 24.8. The molecule has 1 aliphatic heterocycles. The van der Waals surface area contributed by atoms with Gasteiger partial charge in [0.2, 0.25) is 0 Å². The number of piperazine rings is 1. The van der Waals surface area contributed by atoms with Gasteiger partial charge in [-0.05, 0) is 53.1 Å². The van der Waals surface area contributed by atoms with Crippen LogP contribution in [0.5, 0.6) is 5.75 Å². The van der Waals surface area contributed by atoms with Crippen LogP contribution in [0.2, 0.25) is 0 Å². The van der Waals surface area contributed by atoms with Crippen molar-refractivity contribution in [2.45, 2.75) is 50.7 Å². The summed E-state index contributed by atoms with van der Waals surface area (Å²) in [5.74, 6) is 1.44. The van der Waals surface area contributed by atoms with Crippen LogP contribution in [0.15, 0.2) is 59.4 Å². The number of tetrazole rings is 1. The van der Waals surface area contributed by atoms with E-state index in [2.05, 4.69) is 42.4 Å². The highest BCUT2D eigenvalue weighted by atomic mass is 16.5. The van der Waals surface area contributed by atoms with E-state index < -0.39 is 0 Å². The number of H-pyrrole nitrogens is 1. The number of benzene rings is 2. The quantitative estimate of drug-likeness (QED) is 0.404. The first-order valence-corrected chi connectivity index (χ1v) is 13.7. The number of aromatic amines is 1. The molecule has 1 atom stereocenters. The molecule has 6 rings (SSSR count). The molecule has 2 aromatic carbocycles. The van der Waals surface area contributed by atoms with Crippen molar-refractivity contribution in [3.05, 3.63) is 81.9 Å². The molecule has 38 heavy (non-hydrogen) atoms. The molecule has 0 bridgehead atoms. The lowest BCUT2D eigenvalue weighted by atomic mass is 9.93. The highest BCUT2D eigenvalue weighted by molar-refractivity contribution is 5.80. The lowest BCUT2D eigenvalue weighted by molar-refractivity contribution is 0.0618. The highest BCUT2D eigenvalue weighted by Crippen LogP contribution is 2.31. The molecule has 1 N–H and O–H groups in total. The van der Waals surface area contributed by atoms with E-state index in [-0.39, 0.29) is 11.6 Å². The van der Waals surface area contributed by atoms with Crippen molar-refractivity contribution in [2.75, 3.05) is 33.3 Å². The summed E-state index contributed by atoms with van der Waals surface area (Å²) in [5, 5.41) is 13.8. The maximum Gasteiger partial charge on any atom is 0.253 e. The van der Waals surface area contributed by atoms with Crippen LogP contribution in [-0.4, -0.2) is 74.3 Å². The number of hydrogen-bond acceptors (Lipinski definition) is 7. The summed E-state index contributed by atoms with van der Waals surface area (Å²) in [5.41, 5.74) is 2.43. The van der Waals surface area contributed by atoms with Crippen molar-refractivity contribution in [3.63, 3.8) is 0 Å². The minimum absolute atomic E-state index is 0.114. The molecule has 9 nitrogen and oxygen atoms in total. The van der Waals surface area contributed by atoms with Crippen molar-refractivity contribution in [3.8, 4) is 5.75 Å². The number of aromatic nitrogens is 5. The molecule has 1 aliphatic carbocycles. The topological polar surface area (TPSA) is 92.2 Å². The lowest BCUT2D eigenvalue weighted by Gasteiger charge is -2.43. The van der Waals surface area contributed by atoms with Crippen LogP contribution in [0.3, 0.4) is 0 Å². The van der Waals surface area contributed by atoms with E-state index >= 15 is 0 Å². The molecule has 4 aromatic rings. The van der Waals surface area contributed by atoms with Crippen LogP contribution in [0.4, 0.5) is 0 Å². The van der Waals surface area contributed by atoms with Crippen molar-refractivity contribution in [1.29, 1.82) is 0 Å². The largest absolute Gasteiger partial charge is 0.497 e. The lowest BCUT2D eigenvalue weighted by Crippen LogP contribution is -2.52. The van der Waals surface area contributed by atoms with Gasteiger partial charge in [0.15, 0.2) is 5.82 Å². The second-order valence-corrected chi connectivity index (χ2v) is 10.5. The summed E-state index contributed by atoms with van der Waals surface area (Å²) in [6.45, 7) is 4.23. The second kappa shape index (κ2) is 11.0. The molecule has 2 fully saturated rings. The van der Waals surface area contributed by atoms with Gasteiger partial charge >= 0.3 is 0 Å². The number of methoxy groups -OCH3 is 1. The number of rotatable bonds is 7. The number of nitrogens with one attached hydrogen (secondary N) is 1. The van der Waals surface area contributed by atoms with E-state index in [4.69, 9.17) is 4.74 Å². The number of ether oxygens (including phenoxy) is 1. The summed E-state index contributed by atoms with van der Waals surface area (Å²) in [4.78, 5) is 21.7. The van der Waals surface area contributed by atoms with Crippen LogP contribution in [-0.2, 0) is 6.54 Å². The Kier molecular flexibility index (Phi) is 7.20. The summed E-state index contributed by atoms with van der Waals surface area (Å²) in [6, 6.07) is 18.2. The Labute approximate surface area is 222 Å². The highest BCUT2D eigenvalue weighted by Gasteiger charge is 2.34. The Balaban J connectivity index is 1.37. The fourth-order valence-corrected chi connectivity index (χ4v) is 6.11. The first-order valence-electron chi connectivity index (χ1n) is 13.7. The average Bonchev–Trinajstić information content (AvgIpc) is 3.42. The molecule has 1 unspecified atom stereocenters. The predicted octanol–water partition coefficient (Wildman–Crippen LogP) is 3.61. The summed E-state index contributed by atoms with van der Waals surface area (Å²) in [7, 11) is 1.65. The van der Waals surface area contributed by atoms with Crippen molar-refractivity contribution in [2.24, 2.45) is 0 Å². The maximum atomic E-state index is 13.5. The van der Waals surface area contributed by atoms with Crippen LogP contribution in [0.1, 0.15) is 55.1 Å². The number of nitrogens with zero attached hydrogens (tertiary/aromatic N) is 6. The standard InChI is InChI=1S/C29H35N7O2/c1-38-24-12-13-26-22(18-24)19-25(29(37)30-26)27(28-31-32-33-36(28)20-21-8-4-2-5-9-21)35-16-14-34(15-17-35)23-10-6-3-7-11-23/h2,4-5,8-9,12-13,18-19,23,27H,3,6-7,10-11,14-17,20H2,1H3,(H,30,37). The third-order valence-corrected chi connectivity index (χ3v) is 8.16. The molecule has 0 radical (unpaired) electrons. The SMILES string of the molecule is COc1ccc2[nH]c(=O)c(C(c3nnnn3Cc3ccccc3)N3CCN(C4CCCCC4)CC3)cc2c1. The van der Waals surface area contributed by atoms with Gasteiger partial charge in [-0.25, -0.2) is 4.68 Å². The Morgan fingerprint density at radius 3 is 2.55 bits per heavy atom. The van der Waals surface area contributed by atoms with E-state index in [1.54, 1.807) is 7.11 Å². The zero-order valence-electron chi connectivity index (χ0n) is 21.9. The van der Waals surface area contributed by atoms with Gasteiger partial charge in [-0.2, -0.15) is 0 Å². The monoisotopic (exact) mass is 513 g/mol. The smallest absolute Gasteiger partial charge is 0.253 e. The van der Waals surface area contributed by atoms with Crippen molar-refractivity contribution < 1.29 is 4.74 Å². The van der Waals surface area contributed by atoms with E-state index in [9.17, 15) is 4.79 Å². The number of pyridine rings is 1. The molecule has 1 saturated carbocycles.